The fourth-order valence-electron chi connectivity index (χ4n) is 3.69. The minimum Gasteiger partial charge on any atom is -0.453 e. The van der Waals surface area contributed by atoms with E-state index in [1.54, 1.807) is 4.90 Å². The molecule has 2 aromatic rings. The predicted molar refractivity (Wildman–Crippen MR) is 103 cm³/mol. The van der Waals surface area contributed by atoms with Crippen LogP contribution in [0.3, 0.4) is 0 Å². The number of aromatic nitrogens is 2. The lowest BCUT2D eigenvalue weighted by atomic mass is 10.0. The topological polar surface area (TPSA) is 84.4 Å². The number of carbonyl (C=O) groups excluding carboxylic acids is 2. The van der Waals surface area contributed by atoms with E-state index in [1.807, 2.05) is 13.8 Å². The lowest BCUT2D eigenvalue weighted by Gasteiger charge is -2.31. The van der Waals surface area contributed by atoms with Crippen molar-refractivity contribution in [2.45, 2.75) is 51.5 Å². The second kappa shape index (κ2) is 7.07. The number of amides is 2. The molecule has 1 saturated carbocycles. The van der Waals surface area contributed by atoms with E-state index >= 15 is 0 Å². The van der Waals surface area contributed by atoms with Gasteiger partial charge in [-0.25, -0.2) is 14.8 Å². The van der Waals surface area contributed by atoms with E-state index in [-0.39, 0.29) is 18.0 Å². The molecule has 8 heteroatoms. The summed E-state index contributed by atoms with van der Waals surface area (Å²) in [5.74, 6) is 1.36. The molecule has 2 amide bonds. The standard InChI is InChI=1S/C19H24N4O3S/c1-10-14-11(2)20-16(12-4-5-12)22-18(14)27-15(10)17(24)21-13-6-8-23(9-7-13)19(25)26-3/h12-13H,4-9H2,1-3H3,(H,21,24). The highest BCUT2D eigenvalue weighted by molar-refractivity contribution is 7.20. The summed E-state index contributed by atoms with van der Waals surface area (Å²) < 4.78 is 4.76. The predicted octanol–water partition coefficient (Wildman–Crippen LogP) is 3.15. The van der Waals surface area contributed by atoms with Gasteiger partial charge in [0.05, 0.1) is 17.7 Å². The molecule has 2 fully saturated rings. The highest BCUT2D eigenvalue weighted by Crippen LogP contribution is 2.40. The van der Waals surface area contributed by atoms with Crippen molar-refractivity contribution in [2.75, 3.05) is 20.2 Å². The van der Waals surface area contributed by atoms with E-state index in [9.17, 15) is 9.59 Å². The average Bonchev–Trinajstić information content (AvgIpc) is 3.45. The second-order valence-corrected chi connectivity index (χ2v) is 8.38. The van der Waals surface area contributed by atoms with Crippen molar-refractivity contribution in [3.8, 4) is 0 Å². The maximum absolute atomic E-state index is 12.9. The number of aryl methyl sites for hydroxylation is 2. The van der Waals surface area contributed by atoms with E-state index in [0.717, 1.165) is 53.0 Å². The maximum atomic E-state index is 12.9. The first-order chi connectivity index (χ1) is 13.0. The van der Waals surface area contributed by atoms with Crippen LogP contribution in [0.15, 0.2) is 0 Å². The molecular formula is C19H24N4O3S. The Bertz CT molecular complexity index is 898. The number of rotatable bonds is 3. The zero-order valence-corrected chi connectivity index (χ0v) is 16.7. The number of carbonyl (C=O) groups is 2. The summed E-state index contributed by atoms with van der Waals surface area (Å²) in [6.45, 7) is 5.16. The Hall–Kier alpha value is -2.22. The van der Waals surface area contributed by atoms with Gasteiger partial charge in [-0.1, -0.05) is 0 Å². The van der Waals surface area contributed by atoms with Crippen molar-refractivity contribution in [1.29, 1.82) is 0 Å². The summed E-state index contributed by atoms with van der Waals surface area (Å²) >= 11 is 1.46. The smallest absolute Gasteiger partial charge is 0.409 e. The van der Waals surface area contributed by atoms with Crippen LogP contribution in [0.4, 0.5) is 4.79 Å². The highest BCUT2D eigenvalue weighted by atomic mass is 32.1. The number of nitrogens with zero attached hydrogens (tertiary/aromatic N) is 3. The van der Waals surface area contributed by atoms with Crippen molar-refractivity contribution in [1.82, 2.24) is 20.2 Å². The van der Waals surface area contributed by atoms with Crippen molar-refractivity contribution < 1.29 is 14.3 Å². The van der Waals surface area contributed by atoms with Crippen LogP contribution in [0.25, 0.3) is 10.2 Å². The molecular weight excluding hydrogens is 364 g/mol. The fourth-order valence-corrected chi connectivity index (χ4v) is 4.83. The van der Waals surface area contributed by atoms with E-state index in [0.29, 0.717) is 23.9 Å². The molecule has 144 valence electrons. The molecule has 0 unspecified atom stereocenters. The van der Waals surface area contributed by atoms with Gasteiger partial charge in [0.1, 0.15) is 10.7 Å². The Labute approximate surface area is 162 Å². The van der Waals surface area contributed by atoms with Crippen LogP contribution in [0.5, 0.6) is 0 Å². The Balaban J connectivity index is 1.49. The summed E-state index contributed by atoms with van der Waals surface area (Å²) in [6, 6.07) is 0.0669. The molecule has 0 atom stereocenters. The first kappa shape index (κ1) is 18.2. The number of piperidine rings is 1. The van der Waals surface area contributed by atoms with Crippen LogP contribution in [0.2, 0.25) is 0 Å². The molecule has 0 spiro atoms. The van der Waals surface area contributed by atoms with Crippen LogP contribution in [0.1, 0.15) is 58.4 Å². The van der Waals surface area contributed by atoms with Crippen LogP contribution < -0.4 is 5.32 Å². The van der Waals surface area contributed by atoms with Gasteiger partial charge < -0.3 is 15.0 Å². The van der Waals surface area contributed by atoms with Crippen molar-refractivity contribution in [3.05, 3.63) is 22.0 Å². The van der Waals surface area contributed by atoms with E-state index in [4.69, 9.17) is 9.72 Å². The van der Waals surface area contributed by atoms with E-state index in [1.165, 1.54) is 18.4 Å². The summed E-state index contributed by atoms with van der Waals surface area (Å²) in [7, 11) is 1.39. The maximum Gasteiger partial charge on any atom is 0.409 e. The van der Waals surface area contributed by atoms with Crippen molar-refractivity contribution in [2.24, 2.45) is 0 Å². The number of likely N-dealkylation sites (tertiary alicyclic amines) is 1. The lowest BCUT2D eigenvalue weighted by molar-refractivity contribution is 0.0895. The van der Waals surface area contributed by atoms with E-state index in [2.05, 4.69) is 10.3 Å². The Morgan fingerprint density at radius 2 is 1.85 bits per heavy atom. The fraction of sp³-hybridized carbons (Fsp3) is 0.579. The van der Waals surface area contributed by atoms with Crippen LogP contribution in [0, 0.1) is 13.8 Å². The molecule has 1 aliphatic carbocycles. The number of fused-ring (bicyclic) bond motifs is 1. The second-order valence-electron chi connectivity index (χ2n) is 7.38. The number of hydrogen-bond acceptors (Lipinski definition) is 6. The van der Waals surface area contributed by atoms with Gasteiger partial charge in [0, 0.05) is 30.4 Å². The van der Waals surface area contributed by atoms with Gasteiger partial charge in [-0.05, 0) is 45.1 Å². The number of thiophene rings is 1. The van der Waals surface area contributed by atoms with Gasteiger partial charge in [0.15, 0.2) is 0 Å². The molecule has 1 saturated heterocycles. The third-order valence-corrected chi connectivity index (χ3v) is 6.58. The Morgan fingerprint density at radius 1 is 1.15 bits per heavy atom. The molecule has 27 heavy (non-hydrogen) atoms. The minimum absolute atomic E-state index is 0.0561. The van der Waals surface area contributed by atoms with Gasteiger partial charge in [-0.2, -0.15) is 0 Å². The average molecular weight is 388 g/mol. The summed E-state index contributed by atoms with van der Waals surface area (Å²) in [5, 5.41) is 4.14. The van der Waals surface area contributed by atoms with E-state index < -0.39 is 0 Å². The number of ether oxygens (including phenoxy) is 1. The summed E-state index contributed by atoms with van der Waals surface area (Å²) in [4.78, 5) is 37.1. The van der Waals surface area contributed by atoms with Crippen LogP contribution >= 0.6 is 11.3 Å². The SMILES string of the molecule is COC(=O)N1CCC(NC(=O)c2sc3nc(C4CC4)nc(C)c3c2C)CC1. The first-order valence-corrected chi connectivity index (χ1v) is 10.2. The van der Waals surface area contributed by atoms with Crippen molar-refractivity contribution >= 4 is 33.6 Å². The van der Waals surface area contributed by atoms with Gasteiger partial charge in [-0.15, -0.1) is 11.3 Å². The first-order valence-electron chi connectivity index (χ1n) is 9.39. The third kappa shape index (κ3) is 3.50. The molecule has 4 rings (SSSR count). The Morgan fingerprint density at radius 3 is 2.48 bits per heavy atom. The largest absolute Gasteiger partial charge is 0.453 e. The van der Waals surface area contributed by atoms with Gasteiger partial charge >= 0.3 is 6.09 Å². The molecule has 1 aliphatic heterocycles. The molecule has 0 bridgehead atoms. The van der Waals surface area contributed by atoms with Gasteiger partial charge in [0.25, 0.3) is 5.91 Å². The lowest BCUT2D eigenvalue weighted by Crippen LogP contribution is -2.46. The summed E-state index contributed by atoms with van der Waals surface area (Å²) in [6.07, 6.45) is 3.48. The van der Waals surface area contributed by atoms with Gasteiger partial charge in [0.2, 0.25) is 0 Å². The molecule has 7 nitrogen and oxygen atoms in total. The van der Waals surface area contributed by atoms with Crippen molar-refractivity contribution in [3.63, 3.8) is 0 Å². The molecule has 0 aromatic carbocycles. The summed E-state index contributed by atoms with van der Waals surface area (Å²) in [5.41, 5.74) is 1.92. The molecule has 3 heterocycles. The quantitative estimate of drug-likeness (QED) is 0.873. The zero-order valence-electron chi connectivity index (χ0n) is 15.9. The minimum atomic E-state index is -0.305. The molecule has 0 radical (unpaired) electrons. The zero-order chi connectivity index (χ0) is 19.1. The van der Waals surface area contributed by atoms with Crippen LogP contribution in [-0.2, 0) is 4.74 Å². The van der Waals surface area contributed by atoms with Gasteiger partial charge in [-0.3, -0.25) is 4.79 Å². The molecule has 1 N–H and O–H groups in total. The Kier molecular flexibility index (Phi) is 4.75. The van der Waals surface area contributed by atoms with Crippen LogP contribution in [-0.4, -0.2) is 53.1 Å². The number of nitrogens with one attached hydrogen (secondary N) is 1. The highest BCUT2D eigenvalue weighted by Gasteiger charge is 2.29. The molecule has 2 aliphatic rings. The number of hydrogen-bond donors (Lipinski definition) is 1. The third-order valence-electron chi connectivity index (χ3n) is 5.40. The number of methoxy groups -OCH3 is 1. The monoisotopic (exact) mass is 388 g/mol. The normalized spacial score (nSPS) is 18.0. The molecule has 2 aromatic heterocycles.